The predicted molar refractivity (Wildman–Crippen MR) is 98.2 cm³/mol. The topological polar surface area (TPSA) is 66.0 Å². The summed E-state index contributed by atoms with van der Waals surface area (Å²) in [6.45, 7) is 9.05. The molecule has 4 heterocycles. The minimum atomic E-state index is -0.119. The van der Waals surface area contributed by atoms with Crippen molar-refractivity contribution in [3.05, 3.63) is 15.6 Å². The first kappa shape index (κ1) is 17.7. The van der Waals surface area contributed by atoms with Crippen LogP contribution in [0.3, 0.4) is 0 Å². The van der Waals surface area contributed by atoms with Crippen molar-refractivity contribution in [2.75, 3.05) is 45.9 Å². The third kappa shape index (κ3) is 3.09. The van der Waals surface area contributed by atoms with Gasteiger partial charge in [-0.25, -0.2) is 9.78 Å². The van der Waals surface area contributed by atoms with Crippen molar-refractivity contribution >= 4 is 23.3 Å². The van der Waals surface area contributed by atoms with E-state index >= 15 is 0 Å². The number of hydrogen-bond acceptors (Lipinski definition) is 5. The molecule has 0 bridgehead atoms. The van der Waals surface area contributed by atoms with Crippen molar-refractivity contribution in [3.63, 3.8) is 0 Å². The van der Waals surface area contributed by atoms with Crippen molar-refractivity contribution in [2.45, 2.75) is 38.6 Å². The van der Waals surface area contributed by atoms with Crippen LogP contribution < -0.4 is 0 Å². The molecule has 7 nitrogen and oxygen atoms in total. The average Bonchev–Trinajstić information content (AvgIpc) is 3.03. The monoisotopic (exact) mass is 378 g/mol. The summed E-state index contributed by atoms with van der Waals surface area (Å²) < 4.78 is 5.38. The lowest BCUT2D eigenvalue weighted by Crippen LogP contribution is -2.57. The van der Waals surface area contributed by atoms with Crippen LogP contribution in [0.25, 0.3) is 0 Å². The van der Waals surface area contributed by atoms with Gasteiger partial charge in [0.25, 0.3) is 0 Å². The molecule has 3 amide bonds. The lowest BCUT2D eigenvalue weighted by Gasteiger charge is -2.47. The molecule has 26 heavy (non-hydrogen) atoms. The zero-order valence-electron chi connectivity index (χ0n) is 15.5. The van der Waals surface area contributed by atoms with E-state index in [1.165, 1.54) is 10.6 Å². The Morgan fingerprint density at radius 3 is 2.42 bits per heavy atom. The van der Waals surface area contributed by atoms with Gasteiger partial charge in [0.2, 0.25) is 5.91 Å². The van der Waals surface area contributed by atoms with E-state index in [2.05, 4.69) is 0 Å². The lowest BCUT2D eigenvalue weighted by molar-refractivity contribution is -0.130. The Hall–Kier alpha value is -1.67. The fourth-order valence-electron chi connectivity index (χ4n) is 4.39. The highest BCUT2D eigenvalue weighted by molar-refractivity contribution is 7.11. The summed E-state index contributed by atoms with van der Waals surface area (Å²) in [5, 5.41) is 1.06. The van der Waals surface area contributed by atoms with Crippen molar-refractivity contribution in [1.29, 1.82) is 0 Å². The normalized spacial score (nSPS) is 22.5. The fourth-order valence-corrected chi connectivity index (χ4v) is 5.47. The highest BCUT2D eigenvalue weighted by Gasteiger charge is 2.46. The minimum Gasteiger partial charge on any atom is -0.378 e. The number of carbonyl (C=O) groups excluding carboxylic acids is 2. The van der Waals surface area contributed by atoms with Gasteiger partial charge in [0.1, 0.15) is 0 Å². The quantitative estimate of drug-likeness (QED) is 0.688. The molecule has 0 atom stereocenters. The standard InChI is InChI=1S/C18H26N4O3S/c1-13-19-16-15(26-13)11-22(17(24)21-7-9-25-10-8-21)12-18(16)3-5-20(6-4-18)14(2)23/h3-12H2,1-2H3. The Labute approximate surface area is 157 Å². The number of aryl methyl sites for hydroxylation is 1. The van der Waals surface area contributed by atoms with E-state index in [9.17, 15) is 9.59 Å². The molecule has 0 radical (unpaired) electrons. The van der Waals surface area contributed by atoms with Gasteiger partial charge in [0.15, 0.2) is 0 Å². The van der Waals surface area contributed by atoms with Gasteiger partial charge in [-0.05, 0) is 19.8 Å². The van der Waals surface area contributed by atoms with E-state index in [-0.39, 0.29) is 17.4 Å². The molecule has 0 N–H and O–H groups in total. The molecular formula is C18H26N4O3S. The van der Waals surface area contributed by atoms with Crippen molar-refractivity contribution in [1.82, 2.24) is 19.7 Å². The number of carbonyl (C=O) groups is 2. The van der Waals surface area contributed by atoms with Crippen LogP contribution in [0, 0.1) is 6.92 Å². The number of aromatic nitrogens is 1. The molecule has 0 aromatic carbocycles. The number of fused-ring (bicyclic) bond motifs is 2. The van der Waals surface area contributed by atoms with Gasteiger partial charge < -0.3 is 19.4 Å². The number of hydrogen-bond donors (Lipinski definition) is 0. The Bertz CT molecular complexity index is 705. The lowest BCUT2D eigenvalue weighted by atomic mass is 9.73. The summed E-state index contributed by atoms with van der Waals surface area (Å²) in [4.78, 5) is 36.7. The van der Waals surface area contributed by atoms with Crippen LogP contribution in [-0.2, 0) is 21.5 Å². The zero-order valence-corrected chi connectivity index (χ0v) is 16.3. The maximum Gasteiger partial charge on any atom is 0.320 e. The summed E-state index contributed by atoms with van der Waals surface area (Å²) in [5.41, 5.74) is 1.06. The fraction of sp³-hybridized carbons (Fsp3) is 0.722. The van der Waals surface area contributed by atoms with E-state index in [1.807, 2.05) is 21.6 Å². The van der Waals surface area contributed by atoms with E-state index in [0.29, 0.717) is 39.4 Å². The van der Waals surface area contributed by atoms with Crippen molar-refractivity contribution in [3.8, 4) is 0 Å². The third-order valence-corrected chi connectivity index (χ3v) is 6.81. The van der Waals surface area contributed by atoms with Crippen LogP contribution >= 0.6 is 11.3 Å². The van der Waals surface area contributed by atoms with Crippen molar-refractivity contribution < 1.29 is 14.3 Å². The number of morpholine rings is 1. The Kier molecular flexibility index (Phi) is 4.64. The second-order valence-corrected chi connectivity index (χ2v) is 8.82. The highest BCUT2D eigenvalue weighted by Crippen LogP contribution is 2.43. The summed E-state index contributed by atoms with van der Waals surface area (Å²) in [7, 11) is 0. The van der Waals surface area contributed by atoms with Gasteiger partial charge in [-0.2, -0.15) is 0 Å². The number of likely N-dealkylation sites (tertiary alicyclic amines) is 1. The van der Waals surface area contributed by atoms with Crippen LogP contribution in [0.4, 0.5) is 4.79 Å². The Morgan fingerprint density at radius 2 is 1.77 bits per heavy atom. The van der Waals surface area contributed by atoms with Gasteiger partial charge in [0, 0.05) is 49.9 Å². The van der Waals surface area contributed by atoms with E-state index in [4.69, 9.17) is 9.72 Å². The molecule has 3 aliphatic heterocycles. The molecule has 142 valence electrons. The molecule has 0 saturated carbocycles. The van der Waals surface area contributed by atoms with Crippen molar-refractivity contribution in [2.24, 2.45) is 0 Å². The molecular weight excluding hydrogens is 352 g/mol. The number of rotatable bonds is 0. The number of thiazole rings is 1. The second-order valence-electron chi connectivity index (χ2n) is 7.53. The number of nitrogens with zero attached hydrogens (tertiary/aromatic N) is 4. The predicted octanol–water partition coefficient (Wildman–Crippen LogP) is 1.60. The van der Waals surface area contributed by atoms with E-state index in [0.717, 1.165) is 30.9 Å². The molecule has 1 spiro atoms. The molecule has 0 aliphatic carbocycles. The molecule has 8 heteroatoms. The Balaban J connectivity index is 1.59. The maximum atomic E-state index is 13.1. The maximum absolute atomic E-state index is 13.1. The smallest absolute Gasteiger partial charge is 0.320 e. The second kappa shape index (κ2) is 6.81. The van der Waals surface area contributed by atoms with Gasteiger partial charge in [-0.15, -0.1) is 11.3 Å². The van der Waals surface area contributed by atoms with Gasteiger partial charge in [-0.3, -0.25) is 4.79 Å². The first-order valence-electron chi connectivity index (χ1n) is 9.32. The van der Waals surface area contributed by atoms with E-state index in [1.54, 1.807) is 18.3 Å². The van der Waals surface area contributed by atoms with Gasteiger partial charge in [0.05, 0.1) is 30.5 Å². The van der Waals surface area contributed by atoms with Crippen LogP contribution in [0.1, 0.15) is 35.3 Å². The van der Waals surface area contributed by atoms with Crippen LogP contribution in [-0.4, -0.2) is 77.6 Å². The third-order valence-electron chi connectivity index (χ3n) is 5.85. The number of amides is 3. The van der Waals surface area contributed by atoms with Gasteiger partial charge in [-0.1, -0.05) is 0 Å². The molecule has 4 rings (SSSR count). The Morgan fingerprint density at radius 1 is 1.08 bits per heavy atom. The van der Waals surface area contributed by atoms with Crippen LogP contribution in [0.5, 0.6) is 0 Å². The first-order chi connectivity index (χ1) is 12.5. The summed E-state index contributed by atoms with van der Waals surface area (Å²) in [6, 6.07) is 0.110. The SMILES string of the molecule is CC(=O)N1CCC2(CC1)CN(C(=O)N1CCOCC1)Cc1sc(C)nc12. The number of piperidine rings is 1. The van der Waals surface area contributed by atoms with E-state index < -0.39 is 0 Å². The number of urea groups is 1. The van der Waals surface area contributed by atoms with Crippen LogP contribution in [0.15, 0.2) is 0 Å². The highest BCUT2D eigenvalue weighted by atomic mass is 32.1. The molecule has 0 unspecified atom stereocenters. The summed E-state index contributed by atoms with van der Waals surface area (Å²) >= 11 is 1.70. The molecule has 1 aromatic heterocycles. The largest absolute Gasteiger partial charge is 0.378 e. The zero-order chi connectivity index (χ0) is 18.3. The molecule has 1 aromatic rings. The summed E-state index contributed by atoms with van der Waals surface area (Å²) in [6.07, 6.45) is 1.74. The molecule has 2 fully saturated rings. The molecule has 3 aliphatic rings. The number of ether oxygens (including phenoxy) is 1. The summed E-state index contributed by atoms with van der Waals surface area (Å²) in [5.74, 6) is 0.131. The minimum absolute atomic E-state index is 0.110. The first-order valence-corrected chi connectivity index (χ1v) is 10.1. The van der Waals surface area contributed by atoms with Crippen LogP contribution in [0.2, 0.25) is 0 Å². The average molecular weight is 378 g/mol. The molecule has 2 saturated heterocycles. The van der Waals surface area contributed by atoms with Gasteiger partial charge >= 0.3 is 6.03 Å².